The fourth-order valence-electron chi connectivity index (χ4n) is 3.20. The molecule has 11 heteroatoms. The summed E-state index contributed by atoms with van der Waals surface area (Å²) < 4.78 is 52.9. The lowest BCUT2D eigenvalue weighted by molar-refractivity contribution is -0.272. The molecule has 0 aromatic carbocycles. The molecule has 2 heterocycles. The van der Waals surface area contributed by atoms with Crippen molar-refractivity contribution in [2.75, 3.05) is 39.5 Å². The average molecular weight is 435 g/mol. The van der Waals surface area contributed by atoms with E-state index in [0.717, 1.165) is 19.4 Å². The Morgan fingerprint density at radius 3 is 2.83 bits per heavy atom. The van der Waals surface area contributed by atoms with E-state index in [9.17, 15) is 18.3 Å². The number of halogens is 3. The van der Waals surface area contributed by atoms with Gasteiger partial charge in [-0.1, -0.05) is 0 Å². The van der Waals surface area contributed by atoms with E-state index in [1.165, 1.54) is 24.0 Å². The number of hydrogen-bond acceptors (Lipinski definition) is 5. The molecule has 2 rings (SSSR count). The second kappa shape index (κ2) is 11.5. The molecule has 3 N–H and O–H groups in total. The minimum atomic E-state index is -4.86. The fourth-order valence-corrected chi connectivity index (χ4v) is 3.20. The van der Waals surface area contributed by atoms with Crippen LogP contribution in [-0.4, -0.2) is 72.4 Å². The Morgan fingerprint density at radius 2 is 2.23 bits per heavy atom. The summed E-state index contributed by atoms with van der Waals surface area (Å²) in [5, 5.41) is 16.2. The second-order valence-corrected chi connectivity index (χ2v) is 7.22. The van der Waals surface area contributed by atoms with Crippen molar-refractivity contribution in [3.63, 3.8) is 0 Å². The van der Waals surface area contributed by atoms with Gasteiger partial charge in [-0.3, -0.25) is 4.99 Å². The normalized spacial score (nSPS) is 19.7. The first-order valence-electron chi connectivity index (χ1n) is 10.3. The lowest BCUT2D eigenvalue weighted by Crippen LogP contribution is -2.48. The molecule has 0 spiro atoms. The summed E-state index contributed by atoms with van der Waals surface area (Å²) >= 11 is 0. The Bertz CT molecular complexity index is 662. The molecule has 1 aliphatic rings. The Morgan fingerprint density at radius 1 is 1.43 bits per heavy atom. The number of alkyl halides is 3. The number of ether oxygens (including phenoxy) is 2. The molecule has 172 valence electrons. The number of nitrogens with one attached hydrogen (secondary N) is 2. The fraction of sp³-hybridized carbons (Fsp3) is 0.789. The quantitative estimate of drug-likeness (QED) is 0.278. The highest BCUT2D eigenvalue weighted by Crippen LogP contribution is 2.40. The van der Waals surface area contributed by atoms with E-state index in [1.54, 1.807) is 0 Å². The Kier molecular flexibility index (Phi) is 9.37. The van der Waals surface area contributed by atoms with E-state index >= 15 is 0 Å². The van der Waals surface area contributed by atoms with Crippen molar-refractivity contribution in [3.8, 4) is 0 Å². The standard InChI is InChI=1S/C19H32F3N5O3/c1-3-23-17(25-8-5-12-29-14-15-6-4-13-30-15)26-9-7-18(28,19(20,21)22)16-24-10-11-27(16)2/h10-11,15,28H,3-9,12-14H2,1-2H3,(H2,23,25,26). The van der Waals surface area contributed by atoms with Crippen LogP contribution in [0.1, 0.15) is 38.4 Å². The largest absolute Gasteiger partial charge is 0.424 e. The van der Waals surface area contributed by atoms with E-state index in [0.29, 0.717) is 38.7 Å². The van der Waals surface area contributed by atoms with Gasteiger partial charge >= 0.3 is 6.18 Å². The summed E-state index contributed by atoms with van der Waals surface area (Å²) in [5.74, 6) is -0.0527. The molecule has 1 fully saturated rings. The maximum absolute atomic E-state index is 13.6. The van der Waals surface area contributed by atoms with Crippen LogP contribution in [0.5, 0.6) is 0 Å². The van der Waals surface area contributed by atoms with Crippen molar-refractivity contribution >= 4 is 5.96 Å². The van der Waals surface area contributed by atoms with E-state index in [4.69, 9.17) is 9.47 Å². The Balaban J connectivity index is 1.80. The summed E-state index contributed by atoms with van der Waals surface area (Å²) in [6, 6.07) is 0. The van der Waals surface area contributed by atoms with E-state index < -0.39 is 24.0 Å². The third-order valence-corrected chi connectivity index (χ3v) is 4.83. The zero-order valence-electron chi connectivity index (χ0n) is 17.5. The van der Waals surface area contributed by atoms with Crippen LogP contribution in [0.3, 0.4) is 0 Å². The third-order valence-electron chi connectivity index (χ3n) is 4.83. The van der Waals surface area contributed by atoms with Crippen LogP contribution in [0.25, 0.3) is 0 Å². The molecule has 2 atom stereocenters. The number of nitrogens with zero attached hydrogens (tertiary/aromatic N) is 3. The molecule has 0 bridgehead atoms. The van der Waals surface area contributed by atoms with Crippen molar-refractivity contribution in [1.82, 2.24) is 20.2 Å². The first kappa shape index (κ1) is 24.4. The van der Waals surface area contributed by atoms with Crippen molar-refractivity contribution in [1.29, 1.82) is 0 Å². The highest BCUT2D eigenvalue weighted by molar-refractivity contribution is 5.79. The molecular weight excluding hydrogens is 403 g/mol. The number of imidazole rings is 1. The molecule has 1 aromatic heterocycles. The first-order valence-corrected chi connectivity index (χ1v) is 10.3. The summed E-state index contributed by atoms with van der Waals surface area (Å²) in [6.45, 7) is 4.65. The SMILES string of the molecule is CCNC(=NCCCOCC1CCCO1)NCCC(O)(c1nccn1C)C(F)(F)F. The van der Waals surface area contributed by atoms with Crippen LogP contribution < -0.4 is 10.6 Å². The van der Waals surface area contributed by atoms with Crippen molar-refractivity contribution < 1.29 is 27.8 Å². The highest BCUT2D eigenvalue weighted by atomic mass is 19.4. The number of hydrogen-bond donors (Lipinski definition) is 3. The lowest BCUT2D eigenvalue weighted by atomic mass is 9.97. The molecule has 1 aromatic rings. The van der Waals surface area contributed by atoms with Gasteiger partial charge in [0.05, 0.1) is 12.7 Å². The van der Waals surface area contributed by atoms with Gasteiger partial charge in [0.1, 0.15) is 5.82 Å². The number of guanidine groups is 1. The highest BCUT2D eigenvalue weighted by Gasteiger charge is 2.57. The average Bonchev–Trinajstić information content (AvgIpc) is 3.35. The number of aliphatic imine (C=N–C) groups is 1. The van der Waals surface area contributed by atoms with Gasteiger partial charge in [0.25, 0.3) is 0 Å². The van der Waals surface area contributed by atoms with Gasteiger partial charge in [0.2, 0.25) is 5.60 Å². The van der Waals surface area contributed by atoms with Gasteiger partial charge in [-0.15, -0.1) is 0 Å². The van der Waals surface area contributed by atoms with E-state index in [2.05, 4.69) is 20.6 Å². The summed E-state index contributed by atoms with van der Waals surface area (Å²) in [6.07, 6.45) is 0.0916. The molecule has 0 aliphatic carbocycles. The van der Waals surface area contributed by atoms with Gasteiger partial charge in [0, 0.05) is 58.7 Å². The van der Waals surface area contributed by atoms with E-state index in [1.807, 2.05) is 6.92 Å². The van der Waals surface area contributed by atoms with Crippen LogP contribution in [-0.2, 0) is 22.1 Å². The minimum Gasteiger partial charge on any atom is -0.379 e. The zero-order chi connectivity index (χ0) is 22.0. The molecule has 0 saturated carbocycles. The third kappa shape index (κ3) is 6.85. The summed E-state index contributed by atoms with van der Waals surface area (Å²) in [5.41, 5.74) is -3.05. The second-order valence-electron chi connectivity index (χ2n) is 7.22. The smallest absolute Gasteiger partial charge is 0.379 e. The monoisotopic (exact) mass is 435 g/mol. The maximum Gasteiger partial charge on any atom is 0.424 e. The van der Waals surface area contributed by atoms with Crippen LogP contribution >= 0.6 is 0 Å². The van der Waals surface area contributed by atoms with Gasteiger partial charge in [-0.05, 0) is 26.2 Å². The van der Waals surface area contributed by atoms with Crippen LogP contribution in [0.4, 0.5) is 13.2 Å². The minimum absolute atomic E-state index is 0.135. The number of aromatic nitrogens is 2. The topological polar surface area (TPSA) is 92.9 Å². The predicted octanol–water partition coefficient (Wildman–Crippen LogP) is 1.70. The number of aliphatic hydroxyl groups is 1. The lowest BCUT2D eigenvalue weighted by Gasteiger charge is -2.30. The van der Waals surface area contributed by atoms with Gasteiger partial charge < -0.3 is 29.8 Å². The molecular formula is C19H32F3N5O3. The van der Waals surface area contributed by atoms with Crippen LogP contribution in [0, 0.1) is 0 Å². The van der Waals surface area contributed by atoms with Crippen molar-refractivity contribution in [2.45, 2.75) is 50.5 Å². The van der Waals surface area contributed by atoms with E-state index in [-0.39, 0.29) is 12.6 Å². The first-order chi connectivity index (χ1) is 14.3. The molecule has 0 radical (unpaired) electrons. The molecule has 1 saturated heterocycles. The van der Waals surface area contributed by atoms with Crippen molar-refractivity contribution in [3.05, 3.63) is 18.2 Å². The molecule has 30 heavy (non-hydrogen) atoms. The summed E-state index contributed by atoms with van der Waals surface area (Å²) in [4.78, 5) is 8.04. The van der Waals surface area contributed by atoms with Gasteiger partial charge in [-0.2, -0.15) is 13.2 Å². The number of aryl methyl sites for hydroxylation is 1. The van der Waals surface area contributed by atoms with Crippen LogP contribution in [0.15, 0.2) is 17.4 Å². The maximum atomic E-state index is 13.6. The van der Waals surface area contributed by atoms with Crippen molar-refractivity contribution in [2.24, 2.45) is 12.0 Å². The Hall–Kier alpha value is -1.85. The predicted molar refractivity (Wildman–Crippen MR) is 106 cm³/mol. The Labute approximate surface area is 174 Å². The molecule has 2 unspecified atom stereocenters. The molecule has 8 nitrogen and oxygen atoms in total. The summed E-state index contributed by atoms with van der Waals surface area (Å²) in [7, 11) is 1.42. The van der Waals surface area contributed by atoms with Gasteiger partial charge in [-0.25, -0.2) is 4.98 Å². The van der Waals surface area contributed by atoms with Gasteiger partial charge in [0.15, 0.2) is 5.96 Å². The molecule has 0 amide bonds. The molecule has 1 aliphatic heterocycles. The van der Waals surface area contributed by atoms with Crippen LogP contribution in [0.2, 0.25) is 0 Å². The zero-order valence-corrected chi connectivity index (χ0v) is 17.5. The number of rotatable bonds is 11.